The average Bonchev–Trinajstić information content (AvgIpc) is 2.72. The molecule has 0 aliphatic carbocycles. The number of amides is 1. The summed E-state index contributed by atoms with van der Waals surface area (Å²) in [4.78, 5) is 14.7. The molecule has 1 unspecified atom stereocenters. The van der Waals surface area contributed by atoms with Gasteiger partial charge in [0, 0.05) is 31.7 Å². The van der Waals surface area contributed by atoms with Gasteiger partial charge >= 0.3 is 0 Å². The van der Waals surface area contributed by atoms with Crippen molar-refractivity contribution in [2.75, 3.05) is 27.3 Å². The maximum absolute atomic E-state index is 12.9. The van der Waals surface area contributed by atoms with Crippen LogP contribution in [-0.2, 0) is 4.43 Å². The van der Waals surface area contributed by atoms with E-state index in [1.807, 2.05) is 55.6 Å². The first kappa shape index (κ1) is 24.2. The molecule has 0 aliphatic rings. The monoisotopic (exact) mass is 427 g/mol. The molecule has 4 nitrogen and oxygen atoms in total. The lowest BCUT2D eigenvalue weighted by Crippen LogP contribution is -2.41. The van der Waals surface area contributed by atoms with Gasteiger partial charge in [0.05, 0.1) is 7.11 Å². The van der Waals surface area contributed by atoms with Gasteiger partial charge in [-0.25, -0.2) is 0 Å². The van der Waals surface area contributed by atoms with E-state index in [-0.39, 0.29) is 16.9 Å². The second-order valence-electron chi connectivity index (χ2n) is 9.39. The van der Waals surface area contributed by atoms with Crippen LogP contribution in [-0.4, -0.2) is 46.4 Å². The number of hydrogen-bond acceptors (Lipinski definition) is 3. The number of nitrogens with zero attached hydrogens (tertiary/aromatic N) is 1. The third kappa shape index (κ3) is 6.19. The smallest absolute Gasteiger partial charge is 0.253 e. The highest BCUT2D eigenvalue weighted by atomic mass is 28.4. The Balaban J connectivity index is 2.18. The SMILES string of the molecule is COc1ccccc1C(CCO[Si](C)(C)C(C)(C)C)CN(C)C(=O)c1ccccc1. The topological polar surface area (TPSA) is 38.8 Å². The first-order chi connectivity index (χ1) is 14.1. The molecule has 0 N–H and O–H groups in total. The van der Waals surface area contributed by atoms with Crippen LogP contribution < -0.4 is 4.74 Å². The van der Waals surface area contributed by atoms with E-state index >= 15 is 0 Å². The Morgan fingerprint density at radius 2 is 1.63 bits per heavy atom. The summed E-state index contributed by atoms with van der Waals surface area (Å²) in [6, 6.07) is 17.5. The molecule has 0 saturated heterocycles. The van der Waals surface area contributed by atoms with Crippen LogP contribution in [0.4, 0.5) is 0 Å². The van der Waals surface area contributed by atoms with Crippen molar-refractivity contribution in [2.45, 2.75) is 51.2 Å². The molecule has 2 aromatic carbocycles. The number of likely N-dealkylation sites (N-methyl/N-ethyl adjacent to an activating group) is 1. The van der Waals surface area contributed by atoms with Crippen LogP contribution in [0.25, 0.3) is 0 Å². The molecule has 30 heavy (non-hydrogen) atoms. The number of carbonyl (C=O) groups excluding carboxylic acids is 1. The minimum Gasteiger partial charge on any atom is -0.496 e. The van der Waals surface area contributed by atoms with Crippen molar-refractivity contribution in [3.8, 4) is 5.75 Å². The molecule has 1 amide bonds. The van der Waals surface area contributed by atoms with Gasteiger partial charge in [0.2, 0.25) is 0 Å². The molecule has 0 saturated carbocycles. The van der Waals surface area contributed by atoms with E-state index in [2.05, 4.69) is 39.9 Å². The minimum absolute atomic E-state index is 0.0285. The molecule has 0 aliphatic heterocycles. The summed E-state index contributed by atoms with van der Waals surface area (Å²) in [6.07, 6.45) is 0.833. The number of hydrogen-bond donors (Lipinski definition) is 0. The maximum atomic E-state index is 12.9. The van der Waals surface area contributed by atoms with Gasteiger partial charge < -0.3 is 14.1 Å². The molecule has 5 heteroatoms. The fourth-order valence-corrected chi connectivity index (χ4v) is 4.30. The average molecular weight is 428 g/mol. The summed E-state index contributed by atoms with van der Waals surface area (Å²) < 4.78 is 12.1. The zero-order valence-corrected chi connectivity index (χ0v) is 20.6. The quantitative estimate of drug-likeness (QED) is 0.463. The predicted octanol–water partition coefficient (Wildman–Crippen LogP) is 5.96. The van der Waals surface area contributed by atoms with Crippen LogP contribution in [0.5, 0.6) is 5.75 Å². The van der Waals surface area contributed by atoms with Crippen LogP contribution in [0.2, 0.25) is 18.1 Å². The molecule has 0 radical (unpaired) electrons. The van der Waals surface area contributed by atoms with Crippen LogP contribution in [0.3, 0.4) is 0 Å². The van der Waals surface area contributed by atoms with Crippen LogP contribution in [0, 0.1) is 0 Å². The zero-order chi connectivity index (χ0) is 22.4. The first-order valence-corrected chi connectivity index (χ1v) is 13.5. The van der Waals surface area contributed by atoms with E-state index < -0.39 is 8.32 Å². The summed E-state index contributed by atoms with van der Waals surface area (Å²) in [6.45, 7) is 12.6. The third-order valence-corrected chi connectivity index (χ3v) is 10.7. The fourth-order valence-electron chi connectivity index (χ4n) is 3.24. The highest BCUT2D eigenvalue weighted by Gasteiger charge is 2.37. The Morgan fingerprint density at radius 1 is 1.03 bits per heavy atom. The van der Waals surface area contributed by atoms with Gasteiger partial charge in [-0.2, -0.15) is 0 Å². The van der Waals surface area contributed by atoms with E-state index in [0.29, 0.717) is 18.7 Å². The number of methoxy groups -OCH3 is 1. The van der Waals surface area contributed by atoms with Crippen molar-refractivity contribution in [1.82, 2.24) is 4.90 Å². The Bertz CT molecular complexity index is 815. The standard InChI is InChI=1S/C25H37NO3Si/c1-25(2,3)30(6,7)29-18-17-21(22-15-11-12-16-23(22)28-5)19-26(4)24(27)20-13-9-8-10-14-20/h8-16,21H,17-19H2,1-7H3. The lowest BCUT2D eigenvalue weighted by molar-refractivity contribution is 0.0781. The first-order valence-electron chi connectivity index (χ1n) is 10.6. The van der Waals surface area contributed by atoms with Gasteiger partial charge in [-0.15, -0.1) is 0 Å². The molecule has 0 aromatic heterocycles. The van der Waals surface area contributed by atoms with E-state index in [4.69, 9.17) is 9.16 Å². The number of benzene rings is 2. The minimum atomic E-state index is -1.82. The summed E-state index contributed by atoms with van der Waals surface area (Å²) in [5, 5.41) is 0.174. The van der Waals surface area contributed by atoms with Crippen LogP contribution >= 0.6 is 0 Å². The Morgan fingerprint density at radius 3 is 2.23 bits per heavy atom. The predicted molar refractivity (Wildman–Crippen MR) is 127 cm³/mol. The molecule has 0 heterocycles. The molecule has 2 rings (SSSR count). The van der Waals surface area contributed by atoms with E-state index in [9.17, 15) is 4.79 Å². The molecular formula is C25H37NO3Si. The van der Waals surface area contributed by atoms with Crippen molar-refractivity contribution in [3.63, 3.8) is 0 Å². The highest BCUT2D eigenvalue weighted by Crippen LogP contribution is 2.37. The number of ether oxygens (including phenoxy) is 1. The normalized spacial score (nSPS) is 13.0. The third-order valence-electron chi connectivity index (χ3n) is 6.18. The van der Waals surface area contributed by atoms with Crippen molar-refractivity contribution in [2.24, 2.45) is 0 Å². The number of rotatable bonds is 9. The van der Waals surface area contributed by atoms with Gasteiger partial charge in [0.1, 0.15) is 5.75 Å². The lowest BCUT2D eigenvalue weighted by atomic mass is 9.94. The molecule has 0 fully saturated rings. The molecule has 2 aromatic rings. The van der Waals surface area contributed by atoms with Crippen molar-refractivity contribution in [1.29, 1.82) is 0 Å². The lowest BCUT2D eigenvalue weighted by Gasteiger charge is -2.36. The molecule has 0 bridgehead atoms. The van der Waals surface area contributed by atoms with Gasteiger partial charge in [-0.1, -0.05) is 57.2 Å². The van der Waals surface area contributed by atoms with E-state index in [0.717, 1.165) is 17.7 Å². The largest absolute Gasteiger partial charge is 0.496 e. The van der Waals surface area contributed by atoms with Crippen molar-refractivity contribution in [3.05, 3.63) is 65.7 Å². The maximum Gasteiger partial charge on any atom is 0.253 e. The summed E-state index contributed by atoms with van der Waals surface area (Å²) in [7, 11) is 1.74. The van der Waals surface area contributed by atoms with Gasteiger partial charge in [0.25, 0.3) is 5.91 Å². The molecule has 1 atom stereocenters. The van der Waals surface area contributed by atoms with Crippen LogP contribution in [0.1, 0.15) is 49.0 Å². The van der Waals surface area contributed by atoms with Gasteiger partial charge in [-0.05, 0) is 48.3 Å². The Kier molecular flexibility index (Phi) is 8.27. The van der Waals surface area contributed by atoms with E-state index in [1.54, 1.807) is 12.0 Å². The molecule has 0 spiro atoms. The summed E-state index contributed by atoms with van der Waals surface area (Å²) >= 11 is 0. The Labute approximate surface area is 183 Å². The number of para-hydroxylation sites is 1. The van der Waals surface area contributed by atoms with Gasteiger partial charge in [-0.3, -0.25) is 4.79 Å². The fraction of sp³-hybridized carbons (Fsp3) is 0.480. The number of carbonyl (C=O) groups is 1. The zero-order valence-electron chi connectivity index (χ0n) is 19.6. The molecular weight excluding hydrogens is 390 g/mol. The van der Waals surface area contributed by atoms with Gasteiger partial charge in [0.15, 0.2) is 8.32 Å². The molecule has 164 valence electrons. The second kappa shape index (κ2) is 10.3. The van der Waals surface area contributed by atoms with Crippen molar-refractivity contribution >= 4 is 14.2 Å². The second-order valence-corrected chi connectivity index (χ2v) is 14.2. The summed E-state index contributed by atoms with van der Waals surface area (Å²) in [5.41, 5.74) is 1.82. The van der Waals surface area contributed by atoms with Crippen molar-refractivity contribution < 1.29 is 14.0 Å². The highest BCUT2D eigenvalue weighted by molar-refractivity contribution is 6.74. The summed E-state index contributed by atoms with van der Waals surface area (Å²) in [5.74, 6) is 1.01. The Hall–Kier alpha value is -2.11. The van der Waals surface area contributed by atoms with E-state index in [1.165, 1.54) is 0 Å². The van der Waals surface area contributed by atoms with Crippen LogP contribution in [0.15, 0.2) is 54.6 Å².